The van der Waals surface area contributed by atoms with Crippen LogP contribution in [-0.4, -0.2) is 77.8 Å². The molecule has 2 aliphatic carbocycles. The van der Waals surface area contributed by atoms with Crippen molar-refractivity contribution in [2.75, 3.05) is 33.5 Å². The fraction of sp³-hybridized carbons (Fsp3) is 0.511. The molecule has 0 aromatic heterocycles. The number of hydrogen-bond donors (Lipinski definition) is 2. The summed E-state index contributed by atoms with van der Waals surface area (Å²) in [7, 11) is 1.73. The number of carbonyl (C=O) groups excluding carboxylic acids is 1. The van der Waals surface area contributed by atoms with Gasteiger partial charge in [0.25, 0.3) is 0 Å². The normalized spacial score (nSPS) is 25.0. The Bertz CT molecular complexity index is 1870. The number of rotatable bonds is 16. The Morgan fingerprint density at radius 2 is 1.71 bits per heavy atom. The second kappa shape index (κ2) is 17.6. The summed E-state index contributed by atoms with van der Waals surface area (Å²) in [5, 5.41) is 26.8. The second-order valence-corrected chi connectivity index (χ2v) is 15.9. The molecule has 0 spiro atoms. The number of nitrogens with zero attached hydrogens (tertiary/aromatic N) is 2. The van der Waals surface area contributed by atoms with Gasteiger partial charge < -0.3 is 38.9 Å². The lowest BCUT2D eigenvalue weighted by molar-refractivity contribution is -0.253. The minimum Gasteiger partial charge on any atom is -0.459 e. The summed E-state index contributed by atoms with van der Waals surface area (Å²) in [6, 6.07) is 19.6. The predicted molar refractivity (Wildman–Crippen MR) is 215 cm³/mol. The van der Waals surface area contributed by atoms with E-state index in [9.17, 15) is 15.0 Å². The first-order valence-electron chi connectivity index (χ1n) is 19.9. The maximum atomic E-state index is 13.6. The number of likely N-dealkylation sites (N-methyl/N-ethyl adjacent to an activating group) is 1. The number of amides is 1. The maximum Gasteiger partial charge on any atom is 0.409 e. The van der Waals surface area contributed by atoms with Crippen LogP contribution in [0.25, 0.3) is 10.8 Å². The first-order chi connectivity index (χ1) is 26.5. The standard InChI is InChI=1S/C45H58N2O8/c1-7-25-52-45-40(47(6)43(50)51-8-2)29-38(46-55-44(3,4)5)36-27-32(17-11-13-23-48)35(18-12-14-24-49)41(42(36)45)37-28-34(21-22-39(37)54-45)53-33-20-19-30-15-9-10-16-31(30)26-33/h7,9-10,15-16,19-22,26-28,32,35,40-42,48-49H,1,8,11-14,17-18,23-25,29H2,2-6H3. The fourth-order valence-corrected chi connectivity index (χ4v) is 8.70. The third-order valence-electron chi connectivity index (χ3n) is 11.1. The van der Waals surface area contributed by atoms with Crippen molar-refractivity contribution < 1.29 is 38.8 Å². The topological polar surface area (TPSA) is 119 Å². The van der Waals surface area contributed by atoms with Crippen LogP contribution in [0, 0.1) is 17.8 Å². The first-order valence-corrected chi connectivity index (χ1v) is 19.9. The van der Waals surface area contributed by atoms with Crippen molar-refractivity contribution in [1.29, 1.82) is 0 Å². The minimum absolute atomic E-state index is 0.0979. The minimum atomic E-state index is -1.34. The molecule has 1 fully saturated rings. The zero-order valence-corrected chi connectivity index (χ0v) is 33.0. The van der Waals surface area contributed by atoms with Crippen molar-refractivity contribution in [3.05, 3.63) is 90.5 Å². The smallest absolute Gasteiger partial charge is 0.409 e. The van der Waals surface area contributed by atoms with E-state index < -0.39 is 29.4 Å². The van der Waals surface area contributed by atoms with E-state index in [0.29, 0.717) is 30.8 Å². The molecule has 10 nitrogen and oxygen atoms in total. The number of aliphatic hydroxyl groups is 2. The fourth-order valence-electron chi connectivity index (χ4n) is 8.70. The van der Waals surface area contributed by atoms with Gasteiger partial charge in [0.15, 0.2) is 0 Å². The summed E-state index contributed by atoms with van der Waals surface area (Å²) < 4.78 is 26.3. The summed E-state index contributed by atoms with van der Waals surface area (Å²) in [5.41, 5.74) is 2.14. The van der Waals surface area contributed by atoms with Gasteiger partial charge in [-0.25, -0.2) is 4.79 Å². The van der Waals surface area contributed by atoms with E-state index in [2.05, 4.69) is 36.9 Å². The van der Waals surface area contributed by atoms with Gasteiger partial charge in [-0.1, -0.05) is 60.5 Å². The van der Waals surface area contributed by atoms with E-state index in [4.69, 9.17) is 28.9 Å². The molecule has 10 heteroatoms. The van der Waals surface area contributed by atoms with Gasteiger partial charge in [-0.2, -0.15) is 0 Å². The van der Waals surface area contributed by atoms with Gasteiger partial charge in [-0.15, -0.1) is 6.58 Å². The van der Waals surface area contributed by atoms with E-state index in [1.165, 1.54) is 0 Å². The average molecular weight is 755 g/mol. The number of hydrogen-bond acceptors (Lipinski definition) is 9. The van der Waals surface area contributed by atoms with E-state index in [1.807, 2.05) is 57.2 Å². The number of benzene rings is 3. The molecule has 3 aromatic rings. The van der Waals surface area contributed by atoms with Crippen LogP contribution in [0.4, 0.5) is 4.79 Å². The highest BCUT2D eigenvalue weighted by molar-refractivity contribution is 6.03. The molecule has 0 saturated heterocycles. The molecule has 6 unspecified atom stereocenters. The van der Waals surface area contributed by atoms with Gasteiger partial charge in [0.05, 0.1) is 24.8 Å². The molecule has 2 N–H and O–H groups in total. The number of carbonyl (C=O) groups is 1. The van der Waals surface area contributed by atoms with Gasteiger partial charge in [0.1, 0.15) is 28.9 Å². The maximum absolute atomic E-state index is 13.6. The van der Waals surface area contributed by atoms with Gasteiger partial charge in [-0.05, 0) is 112 Å². The molecule has 0 radical (unpaired) electrons. The Balaban J connectivity index is 1.56. The molecule has 55 heavy (non-hydrogen) atoms. The molecule has 3 aromatic carbocycles. The summed E-state index contributed by atoms with van der Waals surface area (Å²) in [4.78, 5) is 21.3. The van der Waals surface area contributed by atoms with Crippen LogP contribution in [0.1, 0.15) is 84.1 Å². The Morgan fingerprint density at radius 1 is 1.00 bits per heavy atom. The number of ether oxygens (including phenoxy) is 4. The molecular weight excluding hydrogens is 697 g/mol. The van der Waals surface area contributed by atoms with Crippen LogP contribution in [0.3, 0.4) is 0 Å². The van der Waals surface area contributed by atoms with E-state index in [0.717, 1.165) is 59.1 Å². The van der Waals surface area contributed by atoms with Crippen molar-refractivity contribution in [2.45, 2.75) is 96.0 Å². The largest absolute Gasteiger partial charge is 0.459 e. The van der Waals surface area contributed by atoms with Gasteiger partial charge in [-0.3, -0.25) is 0 Å². The van der Waals surface area contributed by atoms with E-state index in [1.54, 1.807) is 24.9 Å². The molecule has 0 bridgehead atoms. The molecule has 296 valence electrons. The molecule has 3 aliphatic rings. The van der Waals surface area contributed by atoms with Crippen molar-refractivity contribution >= 4 is 22.6 Å². The number of oxime groups is 1. The Morgan fingerprint density at radius 3 is 2.42 bits per heavy atom. The number of aliphatic hydroxyl groups excluding tert-OH is 2. The van der Waals surface area contributed by atoms with Crippen LogP contribution in [0.2, 0.25) is 0 Å². The average Bonchev–Trinajstić information content (AvgIpc) is 3.17. The Hall–Kier alpha value is -4.38. The molecule has 6 atom stereocenters. The highest BCUT2D eigenvalue weighted by atomic mass is 16.7. The monoisotopic (exact) mass is 754 g/mol. The van der Waals surface area contributed by atoms with Crippen LogP contribution < -0.4 is 9.47 Å². The highest BCUT2D eigenvalue weighted by Crippen LogP contribution is 2.62. The lowest BCUT2D eigenvalue weighted by Crippen LogP contribution is -2.69. The molecule has 1 aliphatic heterocycles. The summed E-state index contributed by atoms with van der Waals surface area (Å²) >= 11 is 0. The number of unbranched alkanes of at least 4 members (excludes halogenated alkanes) is 2. The van der Waals surface area contributed by atoms with Crippen molar-refractivity contribution in [1.82, 2.24) is 4.90 Å². The lowest BCUT2D eigenvalue weighted by atomic mass is 9.55. The van der Waals surface area contributed by atoms with Crippen molar-refractivity contribution in [3.63, 3.8) is 0 Å². The predicted octanol–water partition coefficient (Wildman–Crippen LogP) is 9.15. The molecular formula is C45H58N2O8. The number of fused-ring (bicyclic) bond motifs is 3. The Labute approximate surface area is 325 Å². The van der Waals surface area contributed by atoms with Crippen molar-refractivity contribution in [2.24, 2.45) is 22.9 Å². The third kappa shape index (κ3) is 8.72. The summed E-state index contributed by atoms with van der Waals surface area (Å²) in [6.45, 7) is 12.3. The van der Waals surface area contributed by atoms with Crippen LogP contribution in [-0.2, 0) is 14.3 Å². The molecule has 1 heterocycles. The highest BCUT2D eigenvalue weighted by Gasteiger charge is 2.65. The second-order valence-electron chi connectivity index (χ2n) is 15.9. The zero-order chi connectivity index (χ0) is 39.2. The lowest BCUT2D eigenvalue weighted by Gasteiger charge is -2.59. The van der Waals surface area contributed by atoms with Gasteiger partial charge >= 0.3 is 6.09 Å². The van der Waals surface area contributed by atoms with Gasteiger partial charge in [0.2, 0.25) is 5.79 Å². The Kier molecular flexibility index (Phi) is 12.9. The van der Waals surface area contributed by atoms with Crippen LogP contribution in [0.5, 0.6) is 17.2 Å². The first kappa shape index (κ1) is 40.3. The SMILES string of the molecule is C=CCOC12Oc3ccc(Oc4ccc5ccccc5c4)cc3C3C(CCCCO)C(CCCCO)C=C(C(=NOC(C)(C)C)CC1N(C)C(=O)OCC)C32. The van der Waals surface area contributed by atoms with Crippen molar-refractivity contribution in [3.8, 4) is 17.2 Å². The van der Waals surface area contributed by atoms with E-state index >= 15 is 0 Å². The summed E-state index contributed by atoms with van der Waals surface area (Å²) in [5.74, 6) is 0.368. The summed E-state index contributed by atoms with van der Waals surface area (Å²) in [6.07, 6.45) is 8.62. The third-order valence-corrected chi connectivity index (χ3v) is 11.1. The van der Waals surface area contributed by atoms with Crippen LogP contribution >= 0.6 is 0 Å². The zero-order valence-electron chi connectivity index (χ0n) is 33.0. The van der Waals surface area contributed by atoms with E-state index in [-0.39, 0.29) is 44.2 Å². The molecule has 6 rings (SSSR count). The molecule has 1 saturated carbocycles. The van der Waals surface area contributed by atoms with Crippen LogP contribution in [0.15, 0.2) is 90.1 Å². The van der Waals surface area contributed by atoms with Gasteiger partial charge in [0, 0.05) is 38.2 Å². The number of allylic oxidation sites excluding steroid dienone is 1. The quantitative estimate of drug-likeness (QED) is 0.0845. The molecule has 1 amide bonds.